The maximum absolute atomic E-state index is 13.9. The van der Waals surface area contributed by atoms with E-state index in [1.54, 1.807) is 18.2 Å². The zero-order valence-corrected chi connectivity index (χ0v) is 12.7. The summed E-state index contributed by atoms with van der Waals surface area (Å²) in [6.07, 6.45) is 2.56. The first-order chi connectivity index (χ1) is 10.0. The fraction of sp³-hybridized carbons (Fsp3) is 0.588. The summed E-state index contributed by atoms with van der Waals surface area (Å²) in [5.74, 6) is -0.308. The number of carbonyl (C=O) groups is 1. The predicted molar refractivity (Wildman–Crippen MR) is 80.4 cm³/mol. The molecular weight excluding hydrogens is 269 g/mol. The van der Waals surface area contributed by atoms with Crippen LogP contribution in [0.3, 0.4) is 0 Å². The van der Waals surface area contributed by atoms with Crippen molar-refractivity contribution in [1.29, 1.82) is 0 Å². The molecule has 1 amide bonds. The fourth-order valence-corrected chi connectivity index (χ4v) is 2.96. The smallest absolute Gasteiger partial charge is 0.230 e. The van der Waals surface area contributed by atoms with Crippen LogP contribution in [-0.4, -0.2) is 23.7 Å². The number of amides is 1. The molecule has 0 heterocycles. The molecule has 21 heavy (non-hydrogen) atoms. The first-order valence-electron chi connectivity index (χ1n) is 7.76. The van der Waals surface area contributed by atoms with Gasteiger partial charge in [0.1, 0.15) is 5.82 Å². The molecule has 1 aliphatic carbocycles. The van der Waals surface area contributed by atoms with Crippen LogP contribution in [0.2, 0.25) is 0 Å². The van der Waals surface area contributed by atoms with Gasteiger partial charge in [-0.25, -0.2) is 4.39 Å². The van der Waals surface area contributed by atoms with Crippen molar-refractivity contribution in [3.05, 3.63) is 35.6 Å². The number of benzene rings is 1. The lowest BCUT2D eigenvalue weighted by Crippen LogP contribution is -2.41. The summed E-state index contributed by atoms with van der Waals surface area (Å²) in [7, 11) is 0. The van der Waals surface area contributed by atoms with Crippen molar-refractivity contribution in [1.82, 2.24) is 5.32 Å². The van der Waals surface area contributed by atoms with Gasteiger partial charge in [0.2, 0.25) is 5.91 Å². The molecule has 1 aliphatic rings. The van der Waals surface area contributed by atoms with Gasteiger partial charge in [-0.1, -0.05) is 44.9 Å². The molecule has 0 spiro atoms. The van der Waals surface area contributed by atoms with Gasteiger partial charge < -0.3 is 10.4 Å². The molecular formula is C17H24FNO2. The van der Waals surface area contributed by atoms with Gasteiger partial charge in [0.05, 0.1) is 11.5 Å². The number of hydrogen-bond acceptors (Lipinski definition) is 2. The Labute approximate surface area is 125 Å². The van der Waals surface area contributed by atoms with E-state index >= 15 is 0 Å². The average Bonchev–Trinajstić information content (AvgIpc) is 3.28. The van der Waals surface area contributed by atoms with Crippen LogP contribution >= 0.6 is 0 Å². The lowest BCUT2D eigenvalue weighted by Gasteiger charge is -2.22. The Bertz CT molecular complexity index is 495. The third-order valence-corrected chi connectivity index (χ3v) is 4.64. The van der Waals surface area contributed by atoms with E-state index in [1.807, 2.05) is 13.8 Å². The predicted octanol–water partition coefficient (Wildman–Crippen LogP) is 2.77. The van der Waals surface area contributed by atoms with Gasteiger partial charge >= 0.3 is 0 Å². The van der Waals surface area contributed by atoms with Gasteiger partial charge in [0.25, 0.3) is 0 Å². The molecule has 3 nitrogen and oxygen atoms in total. The van der Waals surface area contributed by atoms with Crippen molar-refractivity contribution in [2.24, 2.45) is 5.92 Å². The molecule has 0 bridgehead atoms. The highest BCUT2D eigenvalue weighted by molar-refractivity contribution is 5.91. The number of hydrogen-bond donors (Lipinski definition) is 2. The summed E-state index contributed by atoms with van der Waals surface area (Å²) in [5, 5.41) is 12.9. The number of carbonyl (C=O) groups excluding carboxylic acids is 1. The Morgan fingerprint density at radius 2 is 1.95 bits per heavy atom. The summed E-state index contributed by atoms with van der Waals surface area (Å²) in [4.78, 5) is 12.4. The van der Waals surface area contributed by atoms with Crippen molar-refractivity contribution in [2.75, 3.05) is 6.54 Å². The van der Waals surface area contributed by atoms with E-state index in [4.69, 9.17) is 0 Å². The van der Waals surface area contributed by atoms with Crippen LogP contribution in [0, 0.1) is 11.7 Å². The van der Waals surface area contributed by atoms with Crippen LogP contribution in [-0.2, 0) is 10.2 Å². The van der Waals surface area contributed by atoms with E-state index < -0.39 is 11.5 Å². The zero-order chi connectivity index (χ0) is 15.5. The molecule has 0 aliphatic heterocycles. The minimum absolute atomic E-state index is 0.169. The highest BCUT2D eigenvalue weighted by Gasteiger charge is 2.52. The van der Waals surface area contributed by atoms with E-state index in [2.05, 4.69) is 5.32 Å². The van der Waals surface area contributed by atoms with Crippen molar-refractivity contribution in [3.8, 4) is 0 Å². The summed E-state index contributed by atoms with van der Waals surface area (Å²) in [6, 6.07) is 6.45. The lowest BCUT2D eigenvalue weighted by atomic mass is 9.93. The Morgan fingerprint density at radius 1 is 1.33 bits per heavy atom. The molecule has 1 saturated carbocycles. The SMILES string of the molecule is CCC(CC)C(O)CNC(=O)C1(c2ccccc2F)CC1. The maximum atomic E-state index is 13.9. The van der Waals surface area contributed by atoms with Gasteiger partial charge in [-0.05, 0) is 24.8 Å². The van der Waals surface area contributed by atoms with Gasteiger partial charge in [-0.3, -0.25) is 4.79 Å². The molecule has 0 saturated heterocycles. The van der Waals surface area contributed by atoms with E-state index in [1.165, 1.54) is 6.07 Å². The molecule has 2 N–H and O–H groups in total. The quantitative estimate of drug-likeness (QED) is 0.812. The first kappa shape index (κ1) is 16.0. The summed E-state index contributed by atoms with van der Waals surface area (Å²) < 4.78 is 13.9. The highest BCUT2D eigenvalue weighted by Crippen LogP contribution is 2.49. The van der Waals surface area contributed by atoms with Crippen molar-refractivity contribution >= 4 is 5.91 Å². The second-order valence-electron chi connectivity index (χ2n) is 5.92. The molecule has 1 aromatic rings. The third kappa shape index (κ3) is 3.26. The largest absolute Gasteiger partial charge is 0.391 e. The Morgan fingerprint density at radius 3 is 2.48 bits per heavy atom. The number of rotatable bonds is 7. The minimum atomic E-state index is -0.723. The molecule has 1 aromatic carbocycles. The van der Waals surface area contributed by atoms with E-state index in [9.17, 15) is 14.3 Å². The molecule has 0 radical (unpaired) electrons. The molecule has 116 valence electrons. The molecule has 1 fully saturated rings. The second-order valence-corrected chi connectivity index (χ2v) is 5.92. The Hall–Kier alpha value is -1.42. The van der Waals surface area contributed by atoms with Gasteiger partial charge in [0, 0.05) is 12.1 Å². The number of aliphatic hydroxyl groups excluding tert-OH is 1. The van der Waals surface area contributed by atoms with Gasteiger partial charge in [0.15, 0.2) is 0 Å². The molecule has 0 aromatic heterocycles. The number of nitrogens with one attached hydrogen (secondary N) is 1. The van der Waals surface area contributed by atoms with Gasteiger partial charge in [-0.2, -0.15) is 0 Å². The number of halogens is 1. The molecule has 1 unspecified atom stereocenters. The maximum Gasteiger partial charge on any atom is 0.230 e. The molecule has 2 rings (SSSR count). The Kier molecular flexibility index (Phi) is 4.99. The Balaban J connectivity index is 1.99. The third-order valence-electron chi connectivity index (χ3n) is 4.64. The van der Waals surface area contributed by atoms with Crippen LogP contribution in [0.5, 0.6) is 0 Å². The normalized spacial score (nSPS) is 17.6. The van der Waals surface area contributed by atoms with Gasteiger partial charge in [-0.15, -0.1) is 0 Å². The fourth-order valence-electron chi connectivity index (χ4n) is 2.96. The monoisotopic (exact) mass is 293 g/mol. The standard InChI is InChI=1S/C17H24FNO2/c1-3-12(4-2)15(20)11-19-16(21)17(9-10-17)13-7-5-6-8-14(13)18/h5-8,12,15,20H,3-4,9-11H2,1-2H3,(H,19,21). The van der Waals surface area contributed by atoms with Crippen LogP contribution in [0.4, 0.5) is 4.39 Å². The highest BCUT2D eigenvalue weighted by atomic mass is 19.1. The van der Waals surface area contributed by atoms with E-state index in [0.717, 1.165) is 12.8 Å². The topological polar surface area (TPSA) is 49.3 Å². The second kappa shape index (κ2) is 6.56. The van der Waals surface area contributed by atoms with Crippen molar-refractivity contribution in [3.63, 3.8) is 0 Å². The van der Waals surface area contributed by atoms with Crippen LogP contribution in [0.25, 0.3) is 0 Å². The van der Waals surface area contributed by atoms with Crippen LogP contribution in [0.1, 0.15) is 45.1 Å². The van der Waals surface area contributed by atoms with E-state index in [0.29, 0.717) is 18.4 Å². The van der Waals surface area contributed by atoms with E-state index in [-0.39, 0.29) is 24.2 Å². The molecule has 4 heteroatoms. The number of aliphatic hydroxyl groups is 1. The summed E-state index contributed by atoms with van der Waals surface area (Å²) >= 11 is 0. The lowest BCUT2D eigenvalue weighted by molar-refractivity contribution is -0.124. The zero-order valence-electron chi connectivity index (χ0n) is 12.7. The average molecular weight is 293 g/mol. The summed E-state index contributed by atoms with van der Waals surface area (Å²) in [5.41, 5.74) is -0.251. The molecule has 1 atom stereocenters. The minimum Gasteiger partial charge on any atom is -0.391 e. The van der Waals surface area contributed by atoms with Crippen LogP contribution < -0.4 is 5.32 Å². The summed E-state index contributed by atoms with van der Waals surface area (Å²) in [6.45, 7) is 4.29. The van der Waals surface area contributed by atoms with Crippen molar-refractivity contribution < 1.29 is 14.3 Å². The first-order valence-corrected chi connectivity index (χ1v) is 7.76. The van der Waals surface area contributed by atoms with Crippen molar-refractivity contribution in [2.45, 2.75) is 51.0 Å². The van der Waals surface area contributed by atoms with Crippen LogP contribution in [0.15, 0.2) is 24.3 Å².